The summed E-state index contributed by atoms with van der Waals surface area (Å²) in [7, 11) is -2.21. The fraction of sp³-hybridized carbons (Fsp3) is 0.889. The lowest BCUT2D eigenvalue weighted by atomic mass is 10.1. The van der Waals surface area contributed by atoms with Crippen LogP contribution in [0.5, 0.6) is 0 Å². The summed E-state index contributed by atoms with van der Waals surface area (Å²) in [5, 5.41) is 36.8. The van der Waals surface area contributed by atoms with Crippen LogP contribution in [0.25, 0.3) is 0 Å². The van der Waals surface area contributed by atoms with E-state index in [1.165, 1.54) is 6.92 Å². The molecule has 0 saturated heterocycles. The fourth-order valence-corrected chi connectivity index (χ4v) is 2.13. The molecule has 0 amide bonds. The number of hydrogen-bond acceptors (Lipinski definition) is 5. The molecule has 0 spiro atoms. The molecule has 0 aromatic carbocycles. The third-order valence-corrected chi connectivity index (χ3v) is 3.95. The first-order chi connectivity index (χ1) is 6.59. The van der Waals surface area contributed by atoms with Crippen LogP contribution in [-0.2, 0) is 4.79 Å². The van der Waals surface area contributed by atoms with Gasteiger partial charge < -0.3 is 25.2 Å². The van der Waals surface area contributed by atoms with Gasteiger partial charge in [-0.25, -0.2) is 0 Å². The molecule has 0 aliphatic rings. The van der Waals surface area contributed by atoms with E-state index in [0.717, 1.165) is 0 Å². The van der Waals surface area contributed by atoms with Crippen LogP contribution in [0.3, 0.4) is 0 Å². The lowest BCUT2D eigenvalue weighted by Crippen LogP contribution is -2.53. The van der Waals surface area contributed by atoms with Gasteiger partial charge in [0.05, 0.1) is 6.10 Å². The Balaban J connectivity index is 4.58. The Kier molecular flexibility index (Phi) is 5.08. The Morgan fingerprint density at radius 3 is 1.67 bits per heavy atom. The topological polar surface area (TPSA) is 98.0 Å². The maximum atomic E-state index is 11.6. The maximum absolute atomic E-state index is 11.6. The average molecular weight is 236 g/mol. The van der Waals surface area contributed by atoms with E-state index < -0.39 is 37.9 Å². The van der Waals surface area contributed by atoms with E-state index in [1.54, 1.807) is 19.6 Å². The number of aliphatic hydroxyl groups excluding tert-OH is 4. The first-order valence-electron chi connectivity index (χ1n) is 4.85. The average Bonchev–Trinajstić information content (AvgIpc) is 2.11. The van der Waals surface area contributed by atoms with Crippen molar-refractivity contribution in [3.8, 4) is 0 Å². The molecule has 0 saturated carbocycles. The van der Waals surface area contributed by atoms with Gasteiger partial charge in [-0.15, -0.1) is 0 Å². The molecule has 4 N–H and O–H groups in total. The van der Waals surface area contributed by atoms with Crippen molar-refractivity contribution in [1.82, 2.24) is 0 Å². The summed E-state index contributed by atoms with van der Waals surface area (Å²) in [5.74, 6) is 0. The lowest BCUT2D eigenvalue weighted by molar-refractivity contribution is -0.137. The van der Waals surface area contributed by atoms with Gasteiger partial charge in [-0.2, -0.15) is 0 Å². The molecule has 6 heteroatoms. The van der Waals surface area contributed by atoms with Crippen LogP contribution in [0.2, 0.25) is 19.6 Å². The first-order valence-corrected chi connectivity index (χ1v) is 8.35. The van der Waals surface area contributed by atoms with Crippen LogP contribution in [0.15, 0.2) is 0 Å². The van der Waals surface area contributed by atoms with Gasteiger partial charge in [0, 0.05) is 0 Å². The first kappa shape index (κ1) is 14.7. The summed E-state index contributed by atoms with van der Waals surface area (Å²) in [6, 6.07) is 0. The highest BCUT2D eigenvalue weighted by atomic mass is 28.3. The normalized spacial score (nSPS) is 20.5. The summed E-state index contributed by atoms with van der Waals surface area (Å²) >= 11 is 0. The van der Waals surface area contributed by atoms with Crippen molar-refractivity contribution in [3.05, 3.63) is 0 Å². The standard InChI is InChI=1S/C9H20O5Si/c1-5(10)6(11)7(12)8(13)9(14)15(2,3)4/h5-8,10-13H,1-4H3/t5-,6-,7+,8+/m0/s1. The highest BCUT2D eigenvalue weighted by Gasteiger charge is 2.38. The number of aliphatic hydroxyl groups is 4. The molecule has 0 rings (SSSR count). The molecule has 0 aromatic heterocycles. The molecular weight excluding hydrogens is 216 g/mol. The highest BCUT2D eigenvalue weighted by Crippen LogP contribution is 2.12. The SMILES string of the molecule is C[C@H](O)[C@H](O)[C@@H](O)[C@@H](O)C(=O)[Si](C)(C)C. The Hall–Kier alpha value is -0.273. The Labute approximate surface area is 90.4 Å². The molecular formula is C9H20O5Si. The minimum absolute atomic E-state index is 0.435. The van der Waals surface area contributed by atoms with Gasteiger partial charge in [0.1, 0.15) is 31.8 Å². The maximum Gasteiger partial charge on any atom is 0.141 e. The minimum atomic E-state index is -2.21. The molecule has 0 unspecified atom stereocenters. The summed E-state index contributed by atoms with van der Waals surface area (Å²) in [6.45, 7) is 6.49. The highest BCUT2D eigenvalue weighted by molar-refractivity contribution is 7.04. The predicted molar refractivity (Wildman–Crippen MR) is 58.1 cm³/mol. The van der Waals surface area contributed by atoms with Crippen LogP contribution >= 0.6 is 0 Å². The van der Waals surface area contributed by atoms with Crippen molar-refractivity contribution in [2.45, 2.75) is 51.0 Å². The van der Waals surface area contributed by atoms with Gasteiger partial charge in [0.2, 0.25) is 0 Å². The zero-order valence-corrected chi connectivity index (χ0v) is 10.5. The third-order valence-electron chi connectivity index (χ3n) is 2.18. The Bertz CT molecular complexity index is 223. The Morgan fingerprint density at radius 2 is 1.40 bits per heavy atom. The summed E-state index contributed by atoms with van der Waals surface area (Å²) < 4.78 is 0. The number of rotatable bonds is 5. The van der Waals surface area contributed by atoms with E-state index in [2.05, 4.69) is 0 Å². The van der Waals surface area contributed by atoms with Gasteiger partial charge >= 0.3 is 0 Å². The molecule has 0 aromatic rings. The summed E-state index contributed by atoms with van der Waals surface area (Å²) in [5.41, 5.74) is 0. The second-order valence-electron chi connectivity index (χ2n) is 4.78. The van der Waals surface area contributed by atoms with Crippen LogP contribution in [0, 0.1) is 0 Å². The molecule has 15 heavy (non-hydrogen) atoms. The van der Waals surface area contributed by atoms with E-state index in [4.69, 9.17) is 5.11 Å². The molecule has 90 valence electrons. The fourth-order valence-electron chi connectivity index (χ4n) is 1.07. The molecule has 0 bridgehead atoms. The molecule has 0 aliphatic heterocycles. The van der Waals surface area contributed by atoms with Crippen LogP contribution < -0.4 is 0 Å². The number of carbonyl (C=O) groups is 1. The quantitative estimate of drug-likeness (QED) is 0.454. The van der Waals surface area contributed by atoms with Crippen molar-refractivity contribution >= 4 is 13.5 Å². The monoisotopic (exact) mass is 236 g/mol. The number of carbonyl (C=O) groups excluding carboxylic acids is 1. The zero-order chi connectivity index (χ0) is 12.4. The molecule has 0 aliphatic carbocycles. The molecule has 0 heterocycles. The third kappa shape index (κ3) is 4.00. The summed E-state index contributed by atoms with van der Waals surface area (Å²) in [6.07, 6.45) is -5.96. The van der Waals surface area contributed by atoms with Gasteiger partial charge in [-0.05, 0) is 6.92 Å². The van der Waals surface area contributed by atoms with Crippen LogP contribution in [0.4, 0.5) is 0 Å². The van der Waals surface area contributed by atoms with Crippen molar-refractivity contribution in [1.29, 1.82) is 0 Å². The van der Waals surface area contributed by atoms with Crippen molar-refractivity contribution in [2.75, 3.05) is 0 Å². The zero-order valence-electron chi connectivity index (χ0n) is 9.51. The minimum Gasteiger partial charge on any atom is -0.391 e. The van der Waals surface area contributed by atoms with Gasteiger partial charge in [-0.1, -0.05) is 19.6 Å². The van der Waals surface area contributed by atoms with Crippen LogP contribution in [-0.4, -0.2) is 58.3 Å². The van der Waals surface area contributed by atoms with Gasteiger partial charge in [0.15, 0.2) is 0 Å². The molecule has 0 fully saturated rings. The smallest absolute Gasteiger partial charge is 0.141 e. The second kappa shape index (κ2) is 5.18. The molecule has 0 radical (unpaired) electrons. The summed E-state index contributed by atoms with van der Waals surface area (Å²) in [4.78, 5) is 11.6. The Morgan fingerprint density at radius 1 is 1.00 bits per heavy atom. The van der Waals surface area contributed by atoms with Gasteiger partial charge in [-0.3, -0.25) is 0 Å². The van der Waals surface area contributed by atoms with Gasteiger partial charge in [0.25, 0.3) is 0 Å². The second-order valence-corrected chi connectivity index (χ2v) is 9.77. The van der Waals surface area contributed by atoms with Crippen molar-refractivity contribution < 1.29 is 25.2 Å². The molecule has 5 nitrogen and oxygen atoms in total. The van der Waals surface area contributed by atoms with Crippen LogP contribution in [0.1, 0.15) is 6.92 Å². The molecule has 4 atom stereocenters. The largest absolute Gasteiger partial charge is 0.391 e. The van der Waals surface area contributed by atoms with E-state index in [9.17, 15) is 20.1 Å². The van der Waals surface area contributed by atoms with E-state index in [0.29, 0.717) is 0 Å². The van der Waals surface area contributed by atoms with Crippen molar-refractivity contribution in [3.63, 3.8) is 0 Å². The van der Waals surface area contributed by atoms with Crippen molar-refractivity contribution in [2.24, 2.45) is 0 Å². The lowest BCUT2D eigenvalue weighted by Gasteiger charge is -2.27. The predicted octanol–water partition coefficient (Wildman–Crippen LogP) is -1.10. The van der Waals surface area contributed by atoms with E-state index in [-0.39, 0.29) is 0 Å². The number of hydrogen-bond donors (Lipinski definition) is 4. The van der Waals surface area contributed by atoms with E-state index >= 15 is 0 Å². The van der Waals surface area contributed by atoms with E-state index in [1.807, 2.05) is 0 Å².